The molecule has 5 nitrogen and oxygen atoms in total. The second-order valence-corrected chi connectivity index (χ2v) is 9.61. The van der Waals surface area contributed by atoms with Crippen LogP contribution in [-0.4, -0.2) is 19.6 Å². The zero-order valence-electron chi connectivity index (χ0n) is 18.4. The first-order valence-electron chi connectivity index (χ1n) is 10.7. The second-order valence-electron chi connectivity index (χ2n) is 7.69. The molecule has 0 aliphatic carbocycles. The van der Waals surface area contributed by atoms with Gasteiger partial charge in [0.1, 0.15) is 16.5 Å². The minimum atomic E-state index is -4.08. The molecule has 1 aromatic heterocycles. The molecule has 4 aromatic rings. The van der Waals surface area contributed by atoms with Crippen molar-refractivity contribution in [1.82, 2.24) is 4.57 Å². The highest BCUT2D eigenvalue weighted by molar-refractivity contribution is 7.91. The number of fused-ring (bicyclic) bond motifs is 1. The Morgan fingerprint density at radius 2 is 1.70 bits per heavy atom. The molecule has 0 saturated carbocycles. The standard InChI is InChI=1S/C26H24FNO4S/c1-3-18-8-11-22(12-9-18)33(30,31)25-17-28(16-19-6-5-7-20(27)14-19)24-13-10-21(32-4-2)15-23(24)26(25)29/h5-15,17H,3-4,16H2,1-2H3. The van der Waals surface area contributed by atoms with Crippen LogP contribution in [-0.2, 0) is 22.8 Å². The van der Waals surface area contributed by atoms with Crippen molar-refractivity contribution in [1.29, 1.82) is 0 Å². The van der Waals surface area contributed by atoms with Gasteiger partial charge in [-0.05, 0) is 66.9 Å². The summed E-state index contributed by atoms with van der Waals surface area (Å²) < 4.78 is 47.9. The summed E-state index contributed by atoms with van der Waals surface area (Å²) in [5.74, 6) is 0.0848. The van der Waals surface area contributed by atoms with Crippen LogP contribution in [0.2, 0.25) is 0 Å². The van der Waals surface area contributed by atoms with E-state index >= 15 is 0 Å². The van der Waals surface area contributed by atoms with Crippen molar-refractivity contribution in [2.75, 3.05) is 6.61 Å². The van der Waals surface area contributed by atoms with Crippen LogP contribution in [0.3, 0.4) is 0 Å². The van der Waals surface area contributed by atoms with E-state index in [0.717, 1.165) is 12.0 Å². The van der Waals surface area contributed by atoms with Gasteiger partial charge in [0, 0.05) is 12.7 Å². The number of nitrogens with zero attached hydrogens (tertiary/aromatic N) is 1. The van der Waals surface area contributed by atoms with E-state index < -0.39 is 15.3 Å². The summed E-state index contributed by atoms with van der Waals surface area (Å²) in [4.78, 5) is 13.1. The number of aromatic nitrogens is 1. The summed E-state index contributed by atoms with van der Waals surface area (Å²) in [6, 6.07) is 17.6. The van der Waals surface area contributed by atoms with E-state index in [0.29, 0.717) is 23.4 Å². The predicted octanol–water partition coefficient (Wildman–Crippen LogP) is 4.98. The number of ether oxygens (including phenoxy) is 1. The van der Waals surface area contributed by atoms with Crippen molar-refractivity contribution in [3.63, 3.8) is 0 Å². The number of halogens is 1. The zero-order chi connectivity index (χ0) is 23.6. The van der Waals surface area contributed by atoms with E-state index in [2.05, 4.69) is 0 Å². The number of rotatable bonds is 7. The molecule has 0 amide bonds. The summed E-state index contributed by atoms with van der Waals surface area (Å²) in [6.07, 6.45) is 2.12. The highest BCUT2D eigenvalue weighted by Gasteiger charge is 2.24. The number of hydrogen-bond donors (Lipinski definition) is 0. The molecule has 170 valence electrons. The van der Waals surface area contributed by atoms with Crippen molar-refractivity contribution in [2.45, 2.75) is 36.6 Å². The van der Waals surface area contributed by atoms with Gasteiger partial charge in [0.2, 0.25) is 15.3 Å². The lowest BCUT2D eigenvalue weighted by molar-refractivity contribution is 0.340. The predicted molar refractivity (Wildman–Crippen MR) is 126 cm³/mol. The lowest BCUT2D eigenvalue weighted by atomic mass is 10.1. The van der Waals surface area contributed by atoms with Crippen molar-refractivity contribution in [3.8, 4) is 5.75 Å². The van der Waals surface area contributed by atoms with Crippen molar-refractivity contribution in [3.05, 3.63) is 100 Å². The van der Waals surface area contributed by atoms with Crippen molar-refractivity contribution in [2.24, 2.45) is 0 Å². The third kappa shape index (κ3) is 4.54. The Morgan fingerprint density at radius 3 is 2.36 bits per heavy atom. The molecule has 0 spiro atoms. The van der Waals surface area contributed by atoms with Crippen LogP contribution in [0, 0.1) is 5.82 Å². The maximum absolute atomic E-state index is 13.8. The molecular formula is C26H24FNO4S. The lowest BCUT2D eigenvalue weighted by Gasteiger charge is -2.15. The fourth-order valence-electron chi connectivity index (χ4n) is 3.79. The Bertz CT molecular complexity index is 1470. The summed E-state index contributed by atoms with van der Waals surface area (Å²) >= 11 is 0. The fourth-order valence-corrected chi connectivity index (χ4v) is 5.16. The van der Waals surface area contributed by atoms with Crippen molar-refractivity contribution < 1.29 is 17.5 Å². The Kier molecular flexibility index (Phi) is 6.33. The largest absolute Gasteiger partial charge is 0.494 e. The van der Waals surface area contributed by atoms with Gasteiger partial charge in [-0.2, -0.15) is 0 Å². The molecule has 0 radical (unpaired) electrons. The third-order valence-corrected chi connectivity index (χ3v) is 7.27. The highest BCUT2D eigenvalue weighted by Crippen LogP contribution is 2.25. The minimum Gasteiger partial charge on any atom is -0.494 e. The van der Waals surface area contributed by atoms with Gasteiger partial charge >= 0.3 is 0 Å². The van der Waals surface area contributed by atoms with Crippen LogP contribution in [0.25, 0.3) is 10.9 Å². The molecular weight excluding hydrogens is 441 g/mol. The first-order valence-corrected chi connectivity index (χ1v) is 12.2. The van der Waals surface area contributed by atoms with Gasteiger partial charge in [-0.3, -0.25) is 4.79 Å². The van der Waals surface area contributed by atoms with Crippen LogP contribution in [0.4, 0.5) is 4.39 Å². The Labute approximate surface area is 192 Å². The number of sulfone groups is 1. The fraction of sp³-hybridized carbons (Fsp3) is 0.192. The molecule has 0 aliphatic heterocycles. The van der Waals surface area contributed by atoms with Crippen LogP contribution in [0.15, 0.2) is 87.5 Å². The van der Waals surface area contributed by atoms with E-state index in [9.17, 15) is 17.6 Å². The van der Waals surface area contributed by atoms with Crippen LogP contribution in [0.5, 0.6) is 5.75 Å². The topological polar surface area (TPSA) is 65.4 Å². The van der Waals surface area contributed by atoms with Gasteiger partial charge in [-0.1, -0.05) is 31.2 Å². The molecule has 0 bridgehead atoms. The van der Waals surface area contributed by atoms with E-state index in [4.69, 9.17) is 4.74 Å². The molecule has 0 saturated heterocycles. The maximum Gasteiger partial charge on any atom is 0.211 e. The summed E-state index contributed by atoms with van der Waals surface area (Å²) in [5, 5.41) is 0.226. The lowest BCUT2D eigenvalue weighted by Crippen LogP contribution is -2.20. The molecule has 1 heterocycles. The monoisotopic (exact) mass is 465 g/mol. The number of aryl methyl sites for hydroxylation is 1. The average Bonchev–Trinajstić information content (AvgIpc) is 2.81. The van der Waals surface area contributed by atoms with Crippen LogP contribution < -0.4 is 10.2 Å². The quantitative estimate of drug-likeness (QED) is 0.386. The van der Waals surface area contributed by atoms with Gasteiger partial charge in [0.25, 0.3) is 0 Å². The third-order valence-electron chi connectivity index (χ3n) is 5.50. The molecule has 4 rings (SSSR count). The maximum atomic E-state index is 13.8. The zero-order valence-corrected chi connectivity index (χ0v) is 19.2. The van der Waals surface area contributed by atoms with Crippen LogP contribution in [0.1, 0.15) is 25.0 Å². The molecule has 0 atom stereocenters. The summed E-state index contributed by atoms with van der Waals surface area (Å²) in [6.45, 7) is 4.41. The number of benzene rings is 3. The Morgan fingerprint density at radius 1 is 0.939 bits per heavy atom. The summed E-state index contributed by atoms with van der Waals surface area (Å²) in [7, 11) is -4.08. The van der Waals surface area contributed by atoms with Gasteiger partial charge < -0.3 is 9.30 Å². The normalized spacial score (nSPS) is 11.6. The smallest absolute Gasteiger partial charge is 0.211 e. The molecule has 7 heteroatoms. The SMILES string of the molecule is CCOc1ccc2c(c1)c(=O)c(S(=O)(=O)c1ccc(CC)cc1)cn2Cc1cccc(F)c1. The van der Waals surface area contributed by atoms with Gasteiger partial charge in [0.15, 0.2) is 0 Å². The van der Waals surface area contributed by atoms with E-state index in [1.807, 2.05) is 13.8 Å². The van der Waals surface area contributed by atoms with Crippen LogP contribution >= 0.6 is 0 Å². The first-order chi connectivity index (χ1) is 15.8. The molecule has 3 aromatic carbocycles. The van der Waals surface area contributed by atoms with Gasteiger partial charge in [0.05, 0.1) is 22.4 Å². The van der Waals surface area contributed by atoms with Gasteiger partial charge in [-0.15, -0.1) is 0 Å². The Hall–Kier alpha value is -3.45. The molecule has 0 N–H and O–H groups in total. The van der Waals surface area contributed by atoms with E-state index in [1.54, 1.807) is 47.0 Å². The Balaban J connectivity index is 1.94. The number of hydrogen-bond acceptors (Lipinski definition) is 4. The van der Waals surface area contributed by atoms with E-state index in [-0.39, 0.29) is 27.5 Å². The first kappa shape index (κ1) is 22.7. The molecule has 0 fully saturated rings. The van der Waals surface area contributed by atoms with Crippen molar-refractivity contribution >= 4 is 20.7 Å². The molecule has 33 heavy (non-hydrogen) atoms. The second kappa shape index (κ2) is 9.19. The minimum absolute atomic E-state index is 0.0504. The summed E-state index contributed by atoms with van der Waals surface area (Å²) in [5.41, 5.74) is 1.58. The number of pyridine rings is 1. The molecule has 0 unspecified atom stereocenters. The highest BCUT2D eigenvalue weighted by atomic mass is 32.2. The molecule has 0 aliphatic rings. The average molecular weight is 466 g/mol. The van der Waals surface area contributed by atoms with E-state index in [1.165, 1.54) is 30.5 Å². The van der Waals surface area contributed by atoms with Gasteiger partial charge in [-0.25, -0.2) is 12.8 Å².